The molecule has 0 saturated carbocycles. The van der Waals surface area contributed by atoms with Gasteiger partial charge in [0, 0.05) is 25.2 Å². The standard InChI is InChI=1S/C14H13F3N4O4/c15-14(16,17)9-4-8(5-18-6-9)7-20-12(22)21-10(19-20)2-1-3-11(21)25-13(23)24/h4-6,11H,1-3,7H2,(H,23,24)/t11-/m0/s1. The van der Waals surface area contributed by atoms with Crippen LogP contribution in [0.2, 0.25) is 0 Å². The van der Waals surface area contributed by atoms with Gasteiger partial charge in [-0.2, -0.15) is 18.3 Å². The Balaban J connectivity index is 1.92. The smallest absolute Gasteiger partial charge is 0.450 e. The quantitative estimate of drug-likeness (QED) is 0.843. The van der Waals surface area contributed by atoms with E-state index in [0.717, 1.165) is 15.3 Å². The second kappa shape index (κ2) is 6.22. The van der Waals surface area contributed by atoms with Crippen LogP contribution in [0.3, 0.4) is 0 Å². The van der Waals surface area contributed by atoms with E-state index in [9.17, 15) is 22.8 Å². The average Bonchev–Trinajstić information content (AvgIpc) is 2.83. The van der Waals surface area contributed by atoms with Crippen molar-refractivity contribution < 1.29 is 27.8 Å². The molecule has 134 valence electrons. The van der Waals surface area contributed by atoms with Gasteiger partial charge >= 0.3 is 18.0 Å². The van der Waals surface area contributed by atoms with E-state index < -0.39 is 29.8 Å². The lowest BCUT2D eigenvalue weighted by atomic mass is 10.1. The number of alkyl halides is 3. The molecule has 1 aliphatic rings. The van der Waals surface area contributed by atoms with Crippen molar-refractivity contribution in [2.45, 2.75) is 38.2 Å². The summed E-state index contributed by atoms with van der Waals surface area (Å²) in [5.41, 5.74) is -1.41. The Hall–Kier alpha value is -2.85. The first-order valence-electron chi connectivity index (χ1n) is 7.34. The lowest BCUT2D eigenvalue weighted by Gasteiger charge is -2.21. The SMILES string of the molecule is O=C(O)O[C@H]1CCCc2nn(Cc3cncc(C(F)(F)F)c3)c(=O)n21. The van der Waals surface area contributed by atoms with Crippen LogP contribution in [0, 0.1) is 0 Å². The fourth-order valence-corrected chi connectivity index (χ4v) is 2.72. The number of hydrogen-bond acceptors (Lipinski definition) is 5. The fourth-order valence-electron chi connectivity index (χ4n) is 2.72. The number of carbonyl (C=O) groups is 1. The predicted molar refractivity (Wildman–Crippen MR) is 75.9 cm³/mol. The van der Waals surface area contributed by atoms with Gasteiger partial charge in [0.2, 0.25) is 0 Å². The van der Waals surface area contributed by atoms with Crippen molar-refractivity contribution in [2.75, 3.05) is 0 Å². The highest BCUT2D eigenvalue weighted by molar-refractivity contribution is 5.56. The van der Waals surface area contributed by atoms with Gasteiger partial charge in [0.1, 0.15) is 5.82 Å². The molecule has 3 rings (SSSR count). The Morgan fingerprint density at radius 1 is 1.40 bits per heavy atom. The summed E-state index contributed by atoms with van der Waals surface area (Å²) in [6.45, 7) is -0.213. The number of fused-ring (bicyclic) bond motifs is 1. The molecule has 0 unspecified atom stereocenters. The van der Waals surface area contributed by atoms with E-state index in [4.69, 9.17) is 9.84 Å². The zero-order chi connectivity index (χ0) is 18.2. The third-order valence-corrected chi connectivity index (χ3v) is 3.77. The van der Waals surface area contributed by atoms with E-state index in [2.05, 4.69) is 10.1 Å². The summed E-state index contributed by atoms with van der Waals surface area (Å²) in [6, 6.07) is 0.892. The van der Waals surface area contributed by atoms with Crippen LogP contribution in [0.25, 0.3) is 0 Å². The Morgan fingerprint density at radius 2 is 2.16 bits per heavy atom. The molecular formula is C14H13F3N4O4. The lowest BCUT2D eigenvalue weighted by Crippen LogP contribution is -2.33. The molecule has 25 heavy (non-hydrogen) atoms. The molecule has 0 aromatic carbocycles. The minimum atomic E-state index is -4.54. The third-order valence-electron chi connectivity index (χ3n) is 3.77. The number of aryl methyl sites for hydroxylation is 1. The molecule has 0 radical (unpaired) electrons. The third kappa shape index (κ3) is 3.49. The van der Waals surface area contributed by atoms with Crippen LogP contribution in [0.5, 0.6) is 0 Å². The van der Waals surface area contributed by atoms with Gasteiger partial charge in [-0.15, -0.1) is 0 Å². The first-order valence-corrected chi connectivity index (χ1v) is 7.34. The van der Waals surface area contributed by atoms with Crippen molar-refractivity contribution in [2.24, 2.45) is 0 Å². The van der Waals surface area contributed by atoms with Gasteiger partial charge in [-0.3, -0.25) is 4.98 Å². The lowest BCUT2D eigenvalue weighted by molar-refractivity contribution is -0.137. The molecule has 0 fully saturated rings. The van der Waals surface area contributed by atoms with E-state index in [-0.39, 0.29) is 12.1 Å². The van der Waals surface area contributed by atoms with Crippen molar-refractivity contribution in [3.63, 3.8) is 0 Å². The maximum Gasteiger partial charge on any atom is 0.507 e. The van der Waals surface area contributed by atoms with Crippen molar-refractivity contribution in [3.8, 4) is 0 Å². The first kappa shape index (κ1) is 17.0. The molecule has 0 bridgehead atoms. The largest absolute Gasteiger partial charge is 0.507 e. The molecule has 0 spiro atoms. The number of ether oxygens (including phenoxy) is 1. The molecule has 0 amide bonds. The second-order valence-corrected chi connectivity index (χ2v) is 5.54. The maximum absolute atomic E-state index is 12.7. The van der Waals surface area contributed by atoms with Gasteiger partial charge in [-0.1, -0.05) is 0 Å². The van der Waals surface area contributed by atoms with E-state index >= 15 is 0 Å². The van der Waals surface area contributed by atoms with Crippen LogP contribution >= 0.6 is 0 Å². The number of aromatic nitrogens is 4. The number of carboxylic acid groups (broad SMARTS) is 1. The van der Waals surface area contributed by atoms with Gasteiger partial charge in [0.25, 0.3) is 0 Å². The van der Waals surface area contributed by atoms with E-state index in [1.807, 2.05) is 0 Å². The average molecular weight is 358 g/mol. The Labute approximate surface area is 138 Å². The molecule has 8 nitrogen and oxygen atoms in total. The molecule has 2 aromatic heterocycles. The Morgan fingerprint density at radius 3 is 2.84 bits per heavy atom. The van der Waals surface area contributed by atoms with Crippen molar-refractivity contribution in [1.82, 2.24) is 19.3 Å². The summed E-state index contributed by atoms with van der Waals surface area (Å²) in [7, 11) is 0. The highest BCUT2D eigenvalue weighted by Gasteiger charge is 2.31. The molecular weight excluding hydrogens is 345 g/mol. The summed E-state index contributed by atoms with van der Waals surface area (Å²) in [5.74, 6) is 0.336. The Bertz CT molecular complexity index is 858. The van der Waals surface area contributed by atoms with E-state index in [0.29, 0.717) is 31.3 Å². The van der Waals surface area contributed by atoms with Gasteiger partial charge in [0.15, 0.2) is 6.23 Å². The summed E-state index contributed by atoms with van der Waals surface area (Å²) in [5, 5.41) is 12.8. The molecule has 3 heterocycles. The van der Waals surface area contributed by atoms with Gasteiger partial charge in [-0.25, -0.2) is 18.8 Å². The molecule has 0 saturated heterocycles. The molecule has 1 aliphatic heterocycles. The molecule has 1 N–H and O–H groups in total. The minimum absolute atomic E-state index is 0.156. The topological polar surface area (TPSA) is 99.2 Å². The normalized spacial score (nSPS) is 17.2. The molecule has 2 aromatic rings. The summed E-state index contributed by atoms with van der Waals surface area (Å²) in [6.07, 6.45) is -3.77. The first-order chi connectivity index (χ1) is 11.8. The van der Waals surface area contributed by atoms with Crippen LogP contribution in [0.4, 0.5) is 18.0 Å². The van der Waals surface area contributed by atoms with Crippen LogP contribution < -0.4 is 5.69 Å². The number of nitrogens with zero attached hydrogens (tertiary/aromatic N) is 4. The van der Waals surface area contributed by atoms with Crippen molar-refractivity contribution in [1.29, 1.82) is 0 Å². The minimum Gasteiger partial charge on any atom is -0.450 e. The van der Waals surface area contributed by atoms with Crippen LogP contribution in [-0.4, -0.2) is 30.6 Å². The van der Waals surface area contributed by atoms with Crippen LogP contribution in [0.1, 0.15) is 36.0 Å². The summed E-state index contributed by atoms with van der Waals surface area (Å²) < 4.78 is 45.0. The fraction of sp³-hybridized carbons (Fsp3) is 0.429. The van der Waals surface area contributed by atoms with Gasteiger partial charge in [-0.05, 0) is 18.1 Å². The van der Waals surface area contributed by atoms with Crippen molar-refractivity contribution in [3.05, 3.63) is 45.9 Å². The van der Waals surface area contributed by atoms with Crippen LogP contribution in [-0.2, 0) is 23.9 Å². The molecule has 11 heteroatoms. The molecule has 0 aliphatic carbocycles. The number of pyridine rings is 1. The van der Waals surface area contributed by atoms with Crippen LogP contribution in [0.15, 0.2) is 23.3 Å². The van der Waals surface area contributed by atoms with Crippen molar-refractivity contribution >= 4 is 6.16 Å². The maximum atomic E-state index is 12.7. The zero-order valence-electron chi connectivity index (χ0n) is 12.7. The zero-order valence-corrected chi connectivity index (χ0v) is 12.7. The highest BCUT2D eigenvalue weighted by Crippen LogP contribution is 2.29. The van der Waals surface area contributed by atoms with E-state index in [1.165, 1.54) is 6.20 Å². The Kier molecular flexibility index (Phi) is 4.23. The monoisotopic (exact) mass is 358 g/mol. The van der Waals surface area contributed by atoms with E-state index in [1.54, 1.807) is 0 Å². The summed E-state index contributed by atoms with van der Waals surface area (Å²) >= 11 is 0. The highest BCUT2D eigenvalue weighted by atomic mass is 19.4. The molecule has 1 atom stereocenters. The summed E-state index contributed by atoms with van der Waals surface area (Å²) in [4.78, 5) is 26.7. The second-order valence-electron chi connectivity index (χ2n) is 5.54. The predicted octanol–water partition coefficient (Wildman–Crippen LogP) is 2.04. The number of rotatable bonds is 3. The number of hydrogen-bond donors (Lipinski definition) is 1. The van der Waals surface area contributed by atoms with Gasteiger partial charge in [0.05, 0.1) is 12.1 Å². The number of halogens is 3. The van der Waals surface area contributed by atoms with Gasteiger partial charge < -0.3 is 9.84 Å².